The summed E-state index contributed by atoms with van der Waals surface area (Å²) < 4.78 is 5.24. The van der Waals surface area contributed by atoms with Crippen molar-refractivity contribution in [3.8, 4) is 0 Å². The molecule has 0 bridgehead atoms. The van der Waals surface area contributed by atoms with Crippen molar-refractivity contribution in [1.29, 1.82) is 0 Å². The molecule has 0 spiro atoms. The number of rotatable bonds is 4. The van der Waals surface area contributed by atoms with E-state index < -0.39 is 17.5 Å². The average molecular weight is 400 g/mol. The number of carbonyl (C=O) groups is 4. The normalized spacial score (nSPS) is 17.3. The van der Waals surface area contributed by atoms with Crippen LogP contribution < -0.4 is 0 Å². The van der Waals surface area contributed by atoms with E-state index in [1.54, 1.807) is 20.8 Å². The molecule has 1 heterocycles. The third-order valence-electron chi connectivity index (χ3n) is 5.24. The van der Waals surface area contributed by atoms with Crippen LogP contribution in [-0.2, 0) is 9.53 Å². The van der Waals surface area contributed by atoms with Crippen molar-refractivity contribution in [3.05, 3.63) is 34.9 Å². The Morgan fingerprint density at radius 3 is 2.31 bits per heavy atom. The van der Waals surface area contributed by atoms with Crippen molar-refractivity contribution in [2.75, 3.05) is 13.6 Å². The van der Waals surface area contributed by atoms with Crippen LogP contribution in [0.3, 0.4) is 0 Å². The number of fused-ring (bicyclic) bond motifs is 1. The quantitative estimate of drug-likeness (QED) is 0.573. The average Bonchev–Trinajstić information content (AvgIpc) is 2.90. The van der Waals surface area contributed by atoms with Crippen molar-refractivity contribution >= 4 is 23.7 Å². The molecule has 7 nitrogen and oxygen atoms in total. The third kappa shape index (κ3) is 4.49. The number of ether oxygens (including phenoxy) is 1. The van der Waals surface area contributed by atoms with Gasteiger partial charge in [0.2, 0.25) is 0 Å². The van der Waals surface area contributed by atoms with Crippen LogP contribution in [0.5, 0.6) is 0 Å². The zero-order valence-corrected chi connectivity index (χ0v) is 17.5. The maximum absolute atomic E-state index is 12.9. The van der Waals surface area contributed by atoms with E-state index >= 15 is 0 Å². The number of hydrogen-bond acceptors (Lipinski definition) is 5. The lowest BCUT2D eigenvalue weighted by atomic mass is 9.94. The summed E-state index contributed by atoms with van der Waals surface area (Å²) in [6.07, 6.45) is 4.81. The second kappa shape index (κ2) is 7.97. The van der Waals surface area contributed by atoms with Crippen LogP contribution in [0.15, 0.2) is 18.2 Å². The number of hydrogen-bond donors (Lipinski definition) is 0. The Morgan fingerprint density at radius 1 is 1.07 bits per heavy atom. The van der Waals surface area contributed by atoms with Gasteiger partial charge in [-0.25, -0.2) is 0 Å². The molecule has 1 aromatic carbocycles. The van der Waals surface area contributed by atoms with Gasteiger partial charge < -0.3 is 9.64 Å². The van der Waals surface area contributed by atoms with Gasteiger partial charge in [-0.1, -0.05) is 19.3 Å². The highest BCUT2D eigenvalue weighted by atomic mass is 16.6. The summed E-state index contributed by atoms with van der Waals surface area (Å²) in [4.78, 5) is 53.0. The number of nitrogens with zero attached hydrogens (tertiary/aromatic N) is 2. The summed E-state index contributed by atoms with van der Waals surface area (Å²) in [6.45, 7) is 5.07. The van der Waals surface area contributed by atoms with Crippen molar-refractivity contribution in [2.45, 2.75) is 64.5 Å². The lowest BCUT2D eigenvalue weighted by molar-refractivity contribution is -0.155. The van der Waals surface area contributed by atoms with Gasteiger partial charge in [0.25, 0.3) is 17.7 Å². The molecule has 3 amide bonds. The Hall–Kier alpha value is -2.70. The van der Waals surface area contributed by atoms with Crippen molar-refractivity contribution in [1.82, 2.24) is 9.80 Å². The fraction of sp³-hybridized carbons (Fsp3) is 0.545. The number of esters is 1. The molecule has 2 aliphatic rings. The van der Waals surface area contributed by atoms with E-state index in [4.69, 9.17) is 4.74 Å². The second-order valence-electron chi connectivity index (χ2n) is 8.78. The molecule has 3 rings (SSSR count). The Labute approximate surface area is 171 Å². The minimum absolute atomic E-state index is 0.0647. The molecule has 1 fully saturated rings. The van der Waals surface area contributed by atoms with Crippen LogP contribution in [0.4, 0.5) is 0 Å². The lowest BCUT2D eigenvalue weighted by Crippen LogP contribution is -2.40. The van der Waals surface area contributed by atoms with Gasteiger partial charge in [0.1, 0.15) is 12.1 Å². The van der Waals surface area contributed by atoms with Crippen molar-refractivity contribution in [3.63, 3.8) is 0 Å². The largest absolute Gasteiger partial charge is 0.459 e. The highest BCUT2D eigenvalue weighted by Gasteiger charge is 2.40. The molecule has 0 N–H and O–H groups in total. The molecule has 0 atom stereocenters. The topological polar surface area (TPSA) is 84.0 Å². The summed E-state index contributed by atoms with van der Waals surface area (Å²) in [7, 11) is 1.50. The molecule has 29 heavy (non-hydrogen) atoms. The van der Waals surface area contributed by atoms with Crippen LogP contribution in [-0.4, -0.2) is 58.7 Å². The second-order valence-corrected chi connectivity index (χ2v) is 8.78. The number of imide groups is 1. The van der Waals surface area contributed by atoms with Gasteiger partial charge in [0, 0.05) is 18.7 Å². The van der Waals surface area contributed by atoms with E-state index in [0.717, 1.165) is 32.1 Å². The molecule has 1 saturated carbocycles. The first-order valence-corrected chi connectivity index (χ1v) is 10.1. The van der Waals surface area contributed by atoms with E-state index in [1.807, 2.05) is 0 Å². The molecule has 156 valence electrons. The zero-order valence-electron chi connectivity index (χ0n) is 17.5. The predicted molar refractivity (Wildman–Crippen MR) is 107 cm³/mol. The van der Waals surface area contributed by atoms with Gasteiger partial charge in [-0.05, 0) is 51.8 Å². The van der Waals surface area contributed by atoms with E-state index in [-0.39, 0.29) is 35.5 Å². The summed E-state index contributed by atoms with van der Waals surface area (Å²) in [5.41, 5.74) is 0.231. The fourth-order valence-corrected chi connectivity index (χ4v) is 3.92. The van der Waals surface area contributed by atoms with E-state index in [2.05, 4.69) is 0 Å². The highest BCUT2D eigenvalue weighted by Crippen LogP contribution is 2.31. The molecule has 0 radical (unpaired) electrons. The maximum atomic E-state index is 12.9. The summed E-state index contributed by atoms with van der Waals surface area (Å²) >= 11 is 0. The van der Waals surface area contributed by atoms with Crippen LogP contribution in [0.1, 0.15) is 83.9 Å². The lowest BCUT2D eigenvalue weighted by Gasteiger charge is -2.29. The molecule has 0 aromatic heterocycles. The SMILES string of the molecule is CN(CC(=O)OC(C)(C)C)C(=O)c1ccc2c(c1)C(=O)N(C1CCCCC1)C2=O. The molecular formula is C22H28N2O5. The monoisotopic (exact) mass is 400 g/mol. The maximum Gasteiger partial charge on any atom is 0.326 e. The molecule has 7 heteroatoms. The van der Waals surface area contributed by atoms with Gasteiger partial charge in [-0.3, -0.25) is 24.1 Å². The minimum atomic E-state index is -0.635. The van der Waals surface area contributed by atoms with Crippen LogP contribution >= 0.6 is 0 Å². The summed E-state index contributed by atoms with van der Waals surface area (Å²) in [6, 6.07) is 4.46. The van der Waals surface area contributed by atoms with Crippen molar-refractivity contribution in [2.24, 2.45) is 0 Å². The van der Waals surface area contributed by atoms with Crippen molar-refractivity contribution < 1.29 is 23.9 Å². The first-order valence-electron chi connectivity index (χ1n) is 10.1. The number of amides is 3. The Bertz CT molecular complexity index is 849. The van der Waals surface area contributed by atoms with Gasteiger partial charge in [0.15, 0.2) is 0 Å². The molecule has 0 saturated heterocycles. The van der Waals surface area contributed by atoms with Gasteiger partial charge >= 0.3 is 5.97 Å². The first kappa shape index (κ1) is 21.0. The number of benzene rings is 1. The molecule has 1 aliphatic carbocycles. The smallest absolute Gasteiger partial charge is 0.326 e. The van der Waals surface area contributed by atoms with E-state index in [9.17, 15) is 19.2 Å². The Kier molecular flexibility index (Phi) is 5.78. The first-order chi connectivity index (χ1) is 13.6. The van der Waals surface area contributed by atoms with Crippen LogP contribution in [0.25, 0.3) is 0 Å². The molecular weight excluding hydrogens is 372 g/mol. The summed E-state index contributed by atoms with van der Waals surface area (Å²) in [5, 5.41) is 0. The Balaban J connectivity index is 1.75. The molecule has 1 aliphatic heterocycles. The van der Waals surface area contributed by atoms with Gasteiger partial charge in [0.05, 0.1) is 11.1 Å². The van der Waals surface area contributed by atoms with Gasteiger partial charge in [-0.2, -0.15) is 0 Å². The molecule has 1 aromatic rings. The molecule has 0 unspecified atom stereocenters. The fourth-order valence-electron chi connectivity index (χ4n) is 3.92. The zero-order chi connectivity index (χ0) is 21.3. The van der Waals surface area contributed by atoms with Gasteiger partial charge in [-0.15, -0.1) is 0 Å². The highest BCUT2D eigenvalue weighted by molar-refractivity contribution is 6.22. The van der Waals surface area contributed by atoms with Crippen LogP contribution in [0.2, 0.25) is 0 Å². The Morgan fingerprint density at radius 2 is 1.69 bits per heavy atom. The minimum Gasteiger partial charge on any atom is -0.459 e. The number of likely N-dealkylation sites (N-methyl/N-ethyl adjacent to an activating group) is 1. The standard InChI is InChI=1S/C22H28N2O5/c1-22(2,3)29-18(25)13-23(4)19(26)14-10-11-16-17(12-14)21(28)24(20(16)27)15-8-6-5-7-9-15/h10-12,15H,5-9,13H2,1-4H3. The predicted octanol–water partition coefficient (Wildman–Crippen LogP) is 3.03. The van der Waals surface area contributed by atoms with E-state index in [1.165, 1.54) is 35.0 Å². The summed E-state index contributed by atoms with van der Waals surface area (Å²) in [5.74, 6) is -1.53. The van der Waals surface area contributed by atoms with E-state index in [0.29, 0.717) is 5.56 Å². The number of carbonyl (C=O) groups excluding carboxylic acids is 4. The van der Waals surface area contributed by atoms with Crippen LogP contribution in [0, 0.1) is 0 Å². The third-order valence-corrected chi connectivity index (χ3v) is 5.24.